The summed E-state index contributed by atoms with van der Waals surface area (Å²) in [5.41, 5.74) is 1.46. The lowest BCUT2D eigenvalue weighted by atomic mass is 9.83. The Hall–Kier alpha value is -0.960. The lowest BCUT2D eigenvalue weighted by molar-refractivity contribution is -0.127. The Morgan fingerprint density at radius 2 is 0.941 bits per heavy atom. The van der Waals surface area contributed by atoms with Gasteiger partial charge in [0.2, 0.25) is 0 Å². The number of nitrogens with zero attached hydrogens (tertiary/aromatic N) is 1. The van der Waals surface area contributed by atoms with E-state index in [0.29, 0.717) is 29.3 Å². The zero-order valence-corrected chi connectivity index (χ0v) is 23.8. The predicted molar refractivity (Wildman–Crippen MR) is 147 cm³/mol. The average Bonchev–Trinajstić information content (AvgIpc) is 2.84. The van der Waals surface area contributed by atoms with E-state index in [0.717, 1.165) is 31.6 Å². The molecule has 0 spiro atoms. The topological polar surface area (TPSA) is 37.4 Å². The normalized spacial score (nSPS) is 21.0. The third-order valence-electron chi connectivity index (χ3n) is 8.14. The number of carbonyl (C=O) groups excluding carboxylic acids is 2. The van der Waals surface area contributed by atoms with Crippen LogP contribution in [0.4, 0.5) is 0 Å². The zero-order chi connectivity index (χ0) is 25.7. The van der Waals surface area contributed by atoms with Crippen LogP contribution in [0.3, 0.4) is 0 Å². The van der Waals surface area contributed by atoms with Crippen molar-refractivity contribution < 1.29 is 9.59 Å². The first kappa shape index (κ1) is 31.1. The number of piperidine rings is 1. The molecule has 0 aromatic rings. The molecule has 3 heteroatoms. The van der Waals surface area contributed by atoms with Gasteiger partial charge >= 0.3 is 0 Å². The van der Waals surface area contributed by atoms with Gasteiger partial charge in [0.25, 0.3) is 0 Å². The van der Waals surface area contributed by atoms with E-state index < -0.39 is 0 Å². The number of carbonyl (C=O) groups is 2. The molecule has 2 aliphatic carbocycles. The van der Waals surface area contributed by atoms with E-state index in [-0.39, 0.29) is 11.8 Å². The highest BCUT2D eigenvalue weighted by Crippen LogP contribution is 2.28. The average molecular weight is 476 g/mol. The first-order valence-corrected chi connectivity index (χ1v) is 14.5. The maximum atomic E-state index is 11.5. The molecule has 0 unspecified atom stereocenters. The van der Waals surface area contributed by atoms with Gasteiger partial charge in [0.1, 0.15) is 11.6 Å². The number of likely N-dealkylation sites (tertiary alicyclic amines) is 1. The largest absolute Gasteiger partial charge is 0.306 e. The number of hydrogen-bond donors (Lipinski definition) is 0. The van der Waals surface area contributed by atoms with Crippen molar-refractivity contribution in [3.8, 4) is 0 Å². The molecule has 1 saturated heterocycles. The summed E-state index contributed by atoms with van der Waals surface area (Å²) in [6.07, 6.45) is 15.0. The molecule has 3 fully saturated rings. The van der Waals surface area contributed by atoms with Crippen LogP contribution in [0, 0.1) is 35.5 Å². The smallest absolute Gasteiger partial charge is 0.138 e. The fourth-order valence-corrected chi connectivity index (χ4v) is 5.57. The van der Waals surface area contributed by atoms with Crippen LogP contribution in [0.1, 0.15) is 119 Å². The molecule has 1 aliphatic heterocycles. The number of ketones is 2. The number of Topliss-reactive ketones (excluding diaryl/α,β-unsaturated/α-hetero) is 2. The van der Waals surface area contributed by atoms with Crippen molar-refractivity contribution in [2.45, 2.75) is 119 Å². The Balaban J connectivity index is 0.000000255. The maximum absolute atomic E-state index is 11.5. The third-order valence-corrected chi connectivity index (χ3v) is 8.14. The summed E-state index contributed by atoms with van der Waals surface area (Å²) in [6.45, 7) is 19.2. The summed E-state index contributed by atoms with van der Waals surface area (Å²) in [4.78, 5) is 25.4. The van der Waals surface area contributed by atoms with Crippen LogP contribution in [0.25, 0.3) is 0 Å². The Bertz CT molecular complexity index is 553. The van der Waals surface area contributed by atoms with Crippen LogP contribution >= 0.6 is 0 Å². The van der Waals surface area contributed by atoms with E-state index in [2.05, 4.69) is 32.4 Å². The molecule has 3 rings (SSSR count). The van der Waals surface area contributed by atoms with E-state index in [1.165, 1.54) is 70.0 Å². The Kier molecular flexibility index (Phi) is 15.2. The van der Waals surface area contributed by atoms with Crippen LogP contribution in [0.15, 0.2) is 12.2 Å². The van der Waals surface area contributed by atoms with Crippen molar-refractivity contribution in [3.63, 3.8) is 0 Å². The summed E-state index contributed by atoms with van der Waals surface area (Å²) >= 11 is 0. The quantitative estimate of drug-likeness (QED) is 0.364. The third kappa shape index (κ3) is 11.6. The van der Waals surface area contributed by atoms with Crippen LogP contribution < -0.4 is 0 Å². The second-order valence-corrected chi connectivity index (χ2v) is 12.1. The molecule has 3 aliphatic rings. The standard InChI is InChI=1S/C11H21N.2C10H18O/c1-9(2)10(3)11-5-7-12(4)8-6-11;2*1-8(2)10(11)9-6-4-3-5-7-9/h9,11H,3,5-8H2,1-2,4H3;2*8-9H,3-7H2,1-2H3. The molecule has 3 nitrogen and oxygen atoms in total. The highest BCUT2D eigenvalue weighted by atomic mass is 16.1. The van der Waals surface area contributed by atoms with E-state index in [1.54, 1.807) is 0 Å². The van der Waals surface area contributed by atoms with Gasteiger partial charge in [-0.3, -0.25) is 9.59 Å². The predicted octanol–water partition coefficient (Wildman–Crippen LogP) is 8.12. The van der Waals surface area contributed by atoms with Gasteiger partial charge in [-0.1, -0.05) is 92.2 Å². The first-order valence-electron chi connectivity index (χ1n) is 14.5. The molecule has 2 saturated carbocycles. The monoisotopic (exact) mass is 475 g/mol. The van der Waals surface area contributed by atoms with Crippen LogP contribution in [-0.2, 0) is 9.59 Å². The molecule has 1 heterocycles. The number of rotatable bonds is 6. The minimum absolute atomic E-state index is 0.248. The van der Waals surface area contributed by atoms with Gasteiger partial charge in [0.15, 0.2) is 0 Å². The van der Waals surface area contributed by atoms with Gasteiger partial charge in [0, 0.05) is 23.7 Å². The SMILES string of the molecule is C=C(C(C)C)C1CCN(C)CC1.CC(C)C(=O)C1CCCCC1.CC(C)C(=O)C1CCCCC1. The number of allylic oxidation sites excluding steroid dienone is 1. The molecular weight excluding hydrogens is 418 g/mol. The summed E-state index contributed by atoms with van der Waals surface area (Å²) in [7, 11) is 2.20. The minimum Gasteiger partial charge on any atom is -0.306 e. The van der Waals surface area contributed by atoms with Crippen molar-refractivity contribution in [1.82, 2.24) is 4.90 Å². The molecule has 0 bridgehead atoms. The first-order chi connectivity index (χ1) is 16.0. The lowest BCUT2D eigenvalue weighted by Gasteiger charge is -2.31. The van der Waals surface area contributed by atoms with Gasteiger partial charge in [0.05, 0.1) is 0 Å². The fourth-order valence-electron chi connectivity index (χ4n) is 5.57. The van der Waals surface area contributed by atoms with Crippen molar-refractivity contribution in [3.05, 3.63) is 12.2 Å². The Labute approximate surface area is 212 Å². The zero-order valence-electron chi connectivity index (χ0n) is 23.8. The molecule has 0 N–H and O–H groups in total. The van der Waals surface area contributed by atoms with Gasteiger partial charge in [-0.15, -0.1) is 0 Å². The fraction of sp³-hybridized carbons (Fsp3) is 0.871. The summed E-state index contributed by atoms with van der Waals surface area (Å²) < 4.78 is 0. The highest BCUT2D eigenvalue weighted by Gasteiger charge is 2.23. The Morgan fingerprint density at radius 1 is 0.588 bits per heavy atom. The Morgan fingerprint density at radius 3 is 1.24 bits per heavy atom. The summed E-state index contributed by atoms with van der Waals surface area (Å²) in [5.74, 6) is 3.75. The molecular formula is C31H57NO2. The molecule has 0 radical (unpaired) electrons. The molecule has 0 atom stereocenters. The van der Waals surface area contributed by atoms with E-state index in [1.807, 2.05) is 27.7 Å². The summed E-state index contributed by atoms with van der Waals surface area (Å²) in [5, 5.41) is 0. The van der Waals surface area contributed by atoms with E-state index in [4.69, 9.17) is 0 Å². The van der Waals surface area contributed by atoms with Crippen LogP contribution in [0.5, 0.6) is 0 Å². The summed E-state index contributed by atoms with van der Waals surface area (Å²) in [6, 6.07) is 0. The lowest BCUT2D eigenvalue weighted by Crippen LogP contribution is -2.31. The maximum Gasteiger partial charge on any atom is 0.138 e. The van der Waals surface area contributed by atoms with Gasteiger partial charge < -0.3 is 4.90 Å². The highest BCUT2D eigenvalue weighted by molar-refractivity contribution is 5.83. The van der Waals surface area contributed by atoms with Gasteiger partial charge in [-0.05, 0) is 70.5 Å². The van der Waals surface area contributed by atoms with E-state index in [9.17, 15) is 9.59 Å². The second-order valence-electron chi connectivity index (χ2n) is 12.1. The molecule has 0 amide bonds. The van der Waals surface area contributed by atoms with Crippen LogP contribution in [0.2, 0.25) is 0 Å². The van der Waals surface area contributed by atoms with Crippen molar-refractivity contribution in [1.29, 1.82) is 0 Å². The van der Waals surface area contributed by atoms with E-state index >= 15 is 0 Å². The molecule has 198 valence electrons. The van der Waals surface area contributed by atoms with Crippen LogP contribution in [-0.4, -0.2) is 36.6 Å². The van der Waals surface area contributed by atoms with Crippen molar-refractivity contribution in [2.75, 3.05) is 20.1 Å². The number of hydrogen-bond acceptors (Lipinski definition) is 3. The molecule has 0 aromatic carbocycles. The van der Waals surface area contributed by atoms with Gasteiger partial charge in [-0.25, -0.2) is 0 Å². The second kappa shape index (κ2) is 16.7. The molecule has 34 heavy (non-hydrogen) atoms. The minimum atomic E-state index is 0.248. The van der Waals surface area contributed by atoms with Gasteiger partial charge in [-0.2, -0.15) is 0 Å². The van der Waals surface area contributed by atoms with Crippen molar-refractivity contribution >= 4 is 11.6 Å². The van der Waals surface area contributed by atoms with Crippen molar-refractivity contribution in [2.24, 2.45) is 35.5 Å². The molecule has 0 aromatic heterocycles.